The minimum absolute atomic E-state index is 1.03. The standard InChI is InChI=1S/C8H4N2S2.2C6H6.C3H5NS.3C3H3NS/c1-5-8(12-3-9-5)2-6-7(1)11-4-10-6;2*1-2-4-6-5-3-1;4*1-2-5-3-4-1/h1-4H;2*1-6H;3H,1-2H2;3*1-3H. The number of fused-ring (bicyclic) bond motifs is 2. The summed E-state index contributed by atoms with van der Waals surface area (Å²) < 4.78 is 2.43. The second-order valence-corrected chi connectivity index (χ2v) is 12.7. The molecule has 0 N–H and O–H groups in total. The predicted octanol–water partition coefficient (Wildman–Crippen LogP) is 10.5. The molecule has 224 valence electrons. The van der Waals surface area contributed by atoms with Crippen LogP contribution in [0, 0.1) is 0 Å². The molecule has 0 amide bonds. The number of aromatic nitrogens is 5. The van der Waals surface area contributed by atoms with E-state index < -0.39 is 0 Å². The Hall–Kier alpha value is -3.65. The van der Waals surface area contributed by atoms with Crippen molar-refractivity contribution in [2.75, 3.05) is 12.3 Å². The summed E-state index contributed by atoms with van der Waals surface area (Å²) in [5.41, 5.74) is 13.2. The van der Waals surface area contributed by atoms with E-state index in [2.05, 4.69) is 42.0 Å². The average Bonchev–Trinajstić information content (AvgIpc) is 3.96. The Balaban J connectivity index is 0.000000146. The zero-order chi connectivity index (χ0) is 30.6. The molecular formula is C32H30N6S6. The zero-order valence-corrected chi connectivity index (χ0v) is 28.5. The van der Waals surface area contributed by atoms with Crippen LogP contribution in [0.25, 0.3) is 20.4 Å². The van der Waals surface area contributed by atoms with Crippen molar-refractivity contribution in [3.8, 4) is 0 Å². The largest absolute Gasteiger partial charge is 0.285 e. The quantitative estimate of drug-likeness (QED) is 0.158. The van der Waals surface area contributed by atoms with Gasteiger partial charge in [0.15, 0.2) is 0 Å². The summed E-state index contributed by atoms with van der Waals surface area (Å²) in [5.74, 6) is 1.19. The van der Waals surface area contributed by atoms with Crippen LogP contribution in [0.15, 0.2) is 152 Å². The first-order chi connectivity index (χ1) is 21.9. The maximum absolute atomic E-state index is 4.25. The van der Waals surface area contributed by atoms with E-state index in [1.165, 1.54) is 15.2 Å². The molecule has 0 unspecified atom stereocenters. The highest BCUT2D eigenvalue weighted by atomic mass is 32.2. The average molecular weight is 691 g/mol. The van der Waals surface area contributed by atoms with Gasteiger partial charge in [-0.2, -0.15) is 0 Å². The van der Waals surface area contributed by atoms with Crippen LogP contribution in [0.1, 0.15) is 0 Å². The highest BCUT2D eigenvalue weighted by Gasteiger charge is 2.01. The predicted molar refractivity (Wildman–Crippen MR) is 198 cm³/mol. The molecule has 0 aliphatic carbocycles. The van der Waals surface area contributed by atoms with Gasteiger partial charge in [0.2, 0.25) is 0 Å². The van der Waals surface area contributed by atoms with E-state index in [4.69, 9.17) is 0 Å². The van der Waals surface area contributed by atoms with Crippen molar-refractivity contribution in [1.82, 2.24) is 24.9 Å². The molecule has 0 saturated carbocycles. The Kier molecular flexibility index (Phi) is 19.6. The first kappa shape index (κ1) is 34.8. The molecule has 3 aromatic carbocycles. The number of hydrogen-bond acceptors (Lipinski definition) is 12. The minimum atomic E-state index is 1.03. The Bertz CT molecular complexity index is 1390. The number of rotatable bonds is 0. The maximum atomic E-state index is 4.25. The van der Waals surface area contributed by atoms with Crippen molar-refractivity contribution < 1.29 is 0 Å². The molecule has 1 aliphatic heterocycles. The van der Waals surface area contributed by atoms with Crippen molar-refractivity contribution in [1.29, 1.82) is 0 Å². The van der Waals surface area contributed by atoms with Crippen molar-refractivity contribution in [2.24, 2.45) is 4.99 Å². The van der Waals surface area contributed by atoms with Crippen LogP contribution in [0.3, 0.4) is 0 Å². The lowest BCUT2D eigenvalue weighted by molar-refractivity contribution is 1.18. The van der Waals surface area contributed by atoms with E-state index in [9.17, 15) is 0 Å². The monoisotopic (exact) mass is 690 g/mol. The molecule has 12 heteroatoms. The molecule has 6 heterocycles. The van der Waals surface area contributed by atoms with Gasteiger partial charge in [-0.15, -0.1) is 68.4 Å². The van der Waals surface area contributed by atoms with Crippen LogP contribution in [-0.4, -0.2) is 42.8 Å². The molecule has 1 aliphatic rings. The molecule has 44 heavy (non-hydrogen) atoms. The number of benzene rings is 3. The van der Waals surface area contributed by atoms with Crippen molar-refractivity contribution >= 4 is 94.4 Å². The van der Waals surface area contributed by atoms with E-state index >= 15 is 0 Å². The second kappa shape index (κ2) is 24.8. The Morgan fingerprint density at radius 3 is 1.07 bits per heavy atom. The Morgan fingerprint density at radius 2 is 0.864 bits per heavy atom. The Labute approximate surface area is 282 Å². The van der Waals surface area contributed by atoms with Gasteiger partial charge in [-0.25, -0.2) is 9.97 Å². The van der Waals surface area contributed by atoms with Gasteiger partial charge < -0.3 is 0 Å². The number of nitrogens with zero attached hydrogens (tertiary/aromatic N) is 6. The number of hydrogen-bond donors (Lipinski definition) is 0. The molecular weight excluding hydrogens is 661 g/mol. The van der Waals surface area contributed by atoms with E-state index in [-0.39, 0.29) is 0 Å². The number of aliphatic imine (C=N–C) groups is 1. The lowest BCUT2D eigenvalue weighted by atomic mass is 10.3. The van der Waals surface area contributed by atoms with Gasteiger partial charge in [-0.3, -0.25) is 19.9 Å². The highest BCUT2D eigenvalue weighted by Crippen LogP contribution is 2.26. The summed E-state index contributed by atoms with van der Waals surface area (Å²) in [4.78, 5) is 23.6. The van der Waals surface area contributed by atoms with Crippen LogP contribution in [-0.2, 0) is 0 Å². The zero-order valence-electron chi connectivity index (χ0n) is 23.6. The van der Waals surface area contributed by atoms with Crippen LogP contribution in [0.4, 0.5) is 0 Å². The molecule has 5 aromatic heterocycles. The van der Waals surface area contributed by atoms with Crippen LogP contribution < -0.4 is 0 Å². The summed E-state index contributed by atoms with van der Waals surface area (Å²) in [6.07, 6.45) is 5.31. The fourth-order valence-corrected chi connectivity index (χ4v) is 5.73. The van der Waals surface area contributed by atoms with Gasteiger partial charge in [0, 0.05) is 47.0 Å². The fourth-order valence-electron chi connectivity index (χ4n) is 2.77. The molecule has 6 nitrogen and oxygen atoms in total. The van der Waals surface area contributed by atoms with Gasteiger partial charge in [-0.05, 0) is 12.1 Å². The highest BCUT2D eigenvalue weighted by molar-refractivity contribution is 8.12. The van der Waals surface area contributed by atoms with E-state index in [1.807, 2.05) is 106 Å². The lowest BCUT2D eigenvalue weighted by Crippen LogP contribution is -1.69. The summed E-state index contributed by atoms with van der Waals surface area (Å²) in [6, 6.07) is 28.2. The summed E-state index contributed by atoms with van der Waals surface area (Å²) >= 11 is 9.91. The summed E-state index contributed by atoms with van der Waals surface area (Å²) in [7, 11) is 0. The van der Waals surface area contributed by atoms with Crippen LogP contribution in [0.2, 0.25) is 0 Å². The molecule has 8 aromatic rings. The van der Waals surface area contributed by atoms with Gasteiger partial charge in [0.25, 0.3) is 0 Å². The number of thioether (sulfide) groups is 1. The molecule has 0 fully saturated rings. The topological polar surface area (TPSA) is 76.8 Å². The normalized spacial score (nSPS) is 10.4. The molecule has 0 saturated heterocycles. The van der Waals surface area contributed by atoms with Gasteiger partial charge >= 0.3 is 0 Å². The molecule has 0 bridgehead atoms. The second-order valence-electron chi connectivity index (χ2n) is 7.71. The van der Waals surface area contributed by atoms with Gasteiger partial charge in [-0.1, -0.05) is 72.8 Å². The van der Waals surface area contributed by atoms with Crippen LogP contribution >= 0.6 is 68.4 Å². The third-order valence-electron chi connectivity index (χ3n) is 4.65. The maximum Gasteiger partial charge on any atom is 0.0827 e. The van der Waals surface area contributed by atoms with Crippen molar-refractivity contribution in [2.45, 2.75) is 0 Å². The third kappa shape index (κ3) is 16.8. The molecule has 0 spiro atoms. The molecule has 9 rings (SSSR count). The van der Waals surface area contributed by atoms with Gasteiger partial charge in [0.05, 0.1) is 53.5 Å². The minimum Gasteiger partial charge on any atom is -0.285 e. The molecule has 0 atom stereocenters. The Morgan fingerprint density at radius 1 is 0.477 bits per heavy atom. The summed E-state index contributed by atoms with van der Waals surface area (Å²) in [6.45, 7) is 1.03. The lowest BCUT2D eigenvalue weighted by Gasteiger charge is -1.86. The van der Waals surface area contributed by atoms with Crippen molar-refractivity contribution in [3.05, 3.63) is 147 Å². The molecule has 0 radical (unpaired) electrons. The first-order valence-corrected chi connectivity index (χ1v) is 18.7. The number of thiazole rings is 5. The summed E-state index contributed by atoms with van der Waals surface area (Å²) in [5, 5.41) is 5.79. The SMILES string of the molecule is C1=NCCS1.c1ccccc1.c1ccccc1.c1cscn1.c1cscn1.c1cscn1.c1nc2cc3scnc3cc2s1. The van der Waals surface area contributed by atoms with E-state index in [0.717, 1.165) is 17.6 Å². The van der Waals surface area contributed by atoms with E-state index in [1.54, 1.807) is 104 Å². The van der Waals surface area contributed by atoms with Gasteiger partial charge in [0.1, 0.15) is 0 Å². The first-order valence-electron chi connectivity index (χ1n) is 13.1. The van der Waals surface area contributed by atoms with Crippen LogP contribution in [0.5, 0.6) is 0 Å². The van der Waals surface area contributed by atoms with Crippen molar-refractivity contribution in [3.63, 3.8) is 0 Å². The third-order valence-corrected chi connectivity index (χ3v) is 8.51. The fraction of sp³-hybridized carbons (Fsp3) is 0.0625. The smallest absolute Gasteiger partial charge is 0.0827 e. The van der Waals surface area contributed by atoms with E-state index in [0.29, 0.717) is 0 Å².